The van der Waals surface area contributed by atoms with E-state index in [1.54, 1.807) is 18.3 Å². The van der Waals surface area contributed by atoms with E-state index in [0.29, 0.717) is 36.7 Å². The van der Waals surface area contributed by atoms with E-state index in [9.17, 15) is 9.18 Å². The number of nitrogens with zero attached hydrogens (tertiary/aromatic N) is 3. The van der Waals surface area contributed by atoms with Crippen LogP contribution in [0.15, 0.2) is 30.5 Å². The minimum Gasteiger partial charge on any atom is -0.366 e. The molecule has 0 radical (unpaired) electrons. The van der Waals surface area contributed by atoms with Crippen molar-refractivity contribution in [3.8, 4) is 0 Å². The zero-order valence-electron chi connectivity index (χ0n) is 12.5. The Hall–Kier alpha value is -1.95. The number of aromatic nitrogens is 1. The van der Waals surface area contributed by atoms with Crippen LogP contribution in [0.5, 0.6) is 0 Å². The van der Waals surface area contributed by atoms with Crippen LogP contribution >= 0.6 is 11.3 Å². The second-order valence-electron chi connectivity index (χ2n) is 5.20. The Bertz CT molecular complexity index is 665. The van der Waals surface area contributed by atoms with Crippen LogP contribution in [0.1, 0.15) is 21.6 Å². The summed E-state index contributed by atoms with van der Waals surface area (Å²) in [4.78, 5) is 21.2. The fraction of sp³-hybridized carbons (Fsp3) is 0.375. The summed E-state index contributed by atoms with van der Waals surface area (Å²) in [5, 5.41) is 0.980. The van der Waals surface area contributed by atoms with Gasteiger partial charge in [0.1, 0.15) is 10.7 Å². The summed E-state index contributed by atoms with van der Waals surface area (Å²) in [5.41, 5.74) is 0.612. The molecule has 0 N–H and O–H groups in total. The van der Waals surface area contributed by atoms with Crippen molar-refractivity contribution in [3.05, 3.63) is 46.2 Å². The van der Waals surface area contributed by atoms with E-state index in [1.165, 1.54) is 17.4 Å². The molecule has 2 heterocycles. The fourth-order valence-electron chi connectivity index (χ4n) is 2.59. The standard InChI is InChI=1S/C16H18FN3OS/c1-2-15-18-11-14(22-15)16(21)20-9-7-19(8-10-20)13-6-4-3-5-12(13)17/h3-6,11H,2,7-10H2,1H3. The van der Waals surface area contributed by atoms with Gasteiger partial charge in [-0.1, -0.05) is 19.1 Å². The maximum absolute atomic E-state index is 13.8. The van der Waals surface area contributed by atoms with Crippen LogP contribution in [-0.2, 0) is 6.42 Å². The summed E-state index contributed by atoms with van der Waals surface area (Å²) in [6.45, 7) is 4.53. The predicted octanol–water partition coefficient (Wildman–Crippen LogP) is 2.81. The lowest BCUT2D eigenvalue weighted by Crippen LogP contribution is -2.48. The smallest absolute Gasteiger partial charge is 0.265 e. The molecule has 1 amide bonds. The average Bonchev–Trinajstić information content (AvgIpc) is 3.04. The summed E-state index contributed by atoms with van der Waals surface area (Å²) in [6, 6.07) is 6.77. The van der Waals surface area contributed by atoms with E-state index >= 15 is 0 Å². The highest BCUT2D eigenvalue weighted by atomic mass is 32.1. The zero-order chi connectivity index (χ0) is 15.5. The molecule has 116 valence electrons. The van der Waals surface area contributed by atoms with Gasteiger partial charge < -0.3 is 9.80 Å². The van der Waals surface area contributed by atoms with Crippen LogP contribution in [0, 0.1) is 5.82 Å². The van der Waals surface area contributed by atoms with Crippen LogP contribution < -0.4 is 4.90 Å². The number of thiazole rings is 1. The number of carbonyl (C=O) groups excluding carboxylic acids is 1. The molecule has 0 saturated carbocycles. The fourth-order valence-corrected chi connectivity index (χ4v) is 3.41. The highest BCUT2D eigenvalue weighted by Gasteiger charge is 2.24. The van der Waals surface area contributed by atoms with Gasteiger partial charge in [0.15, 0.2) is 0 Å². The molecule has 0 unspecified atom stereocenters. The number of carbonyl (C=O) groups is 1. The van der Waals surface area contributed by atoms with Crippen molar-refractivity contribution < 1.29 is 9.18 Å². The van der Waals surface area contributed by atoms with Crippen LogP contribution in [0.3, 0.4) is 0 Å². The maximum atomic E-state index is 13.8. The Labute approximate surface area is 133 Å². The lowest BCUT2D eigenvalue weighted by molar-refractivity contribution is 0.0751. The van der Waals surface area contributed by atoms with Crippen molar-refractivity contribution >= 4 is 22.9 Å². The van der Waals surface area contributed by atoms with Crippen LogP contribution in [0.4, 0.5) is 10.1 Å². The molecule has 4 nitrogen and oxygen atoms in total. The third-order valence-electron chi connectivity index (χ3n) is 3.83. The first kappa shape index (κ1) is 15.0. The second kappa shape index (κ2) is 6.44. The van der Waals surface area contributed by atoms with Gasteiger partial charge >= 0.3 is 0 Å². The molecule has 1 saturated heterocycles. The van der Waals surface area contributed by atoms with Gasteiger partial charge in [-0.2, -0.15) is 0 Å². The van der Waals surface area contributed by atoms with Crippen LogP contribution in [-0.4, -0.2) is 42.0 Å². The number of anilines is 1. The number of para-hydroxylation sites is 1. The average molecular weight is 319 g/mol. The lowest BCUT2D eigenvalue weighted by atomic mass is 10.2. The van der Waals surface area contributed by atoms with E-state index in [0.717, 1.165) is 11.4 Å². The van der Waals surface area contributed by atoms with Crippen LogP contribution in [0.25, 0.3) is 0 Å². The summed E-state index contributed by atoms with van der Waals surface area (Å²) < 4.78 is 13.8. The Kier molecular flexibility index (Phi) is 4.38. The Morgan fingerprint density at radius 3 is 2.64 bits per heavy atom. The molecule has 1 aromatic carbocycles. The minimum absolute atomic E-state index is 0.0328. The quantitative estimate of drug-likeness (QED) is 0.873. The number of halogens is 1. The van der Waals surface area contributed by atoms with Gasteiger partial charge in [-0.3, -0.25) is 4.79 Å². The van der Waals surface area contributed by atoms with Gasteiger partial charge in [-0.05, 0) is 18.6 Å². The first-order chi connectivity index (χ1) is 10.7. The van der Waals surface area contributed by atoms with E-state index in [2.05, 4.69) is 4.98 Å². The molecular weight excluding hydrogens is 301 g/mol. The predicted molar refractivity (Wildman–Crippen MR) is 86.0 cm³/mol. The molecule has 22 heavy (non-hydrogen) atoms. The van der Waals surface area contributed by atoms with Crippen molar-refractivity contribution in [2.24, 2.45) is 0 Å². The van der Waals surface area contributed by atoms with Gasteiger partial charge in [0.25, 0.3) is 5.91 Å². The number of benzene rings is 1. The Morgan fingerprint density at radius 1 is 1.27 bits per heavy atom. The molecule has 0 spiro atoms. The van der Waals surface area contributed by atoms with E-state index in [-0.39, 0.29) is 11.7 Å². The molecule has 6 heteroatoms. The van der Waals surface area contributed by atoms with Crippen molar-refractivity contribution in [2.45, 2.75) is 13.3 Å². The SMILES string of the molecule is CCc1ncc(C(=O)N2CCN(c3ccccc3F)CC2)s1. The molecular formula is C16H18FN3OS. The summed E-state index contributed by atoms with van der Waals surface area (Å²) in [7, 11) is 0. The summed E-state index contributed by atoms with van der Waals surface area (Å²) >= 11 is 1.46. The topological polar surface area (TPSA) is 36.4 Å². The molecule has 1 aromatic heterocycles. The maximum Gasteiger partial charge on any atom is 0.265 e. The molecule has 2 aromatic rings. The first-order valence-electron chi connectivity index (χ1n) is 7.42. The molecule has 0 atom stereocenters. The lowest BCUT2D eigenvalue weighted by Gasteiger charge is -2.36. The summed E-state index contributed by atoms with van der Waals surface area (Å²) in [6.07, 6.45) is 2.51. The van der Waals surface area contributed by atoms with E-state index in [4.69, 9.17) is 0 Å². The minimum atomic E-state index is -0.211. The number of rotatable bonds is 3. The highest BCUT2D eigenvalue weighted by Crippen LogP contribution is 2.22. The molecule has 1 aliphatic rings. The Balaban J connectivity index is 1.64. The largest absolute Gasteiger partial charge is 0.366 e. The summed E-state index contributed by atoms with van der Waals surface area (Å²) in [5.74, 6) is -0.178. The number of amides is 1. The first-order valence-corrected chi connectivity index (χ1v) is 8.24. The molecule has 1 aliphatic heterocycles. The highest BCUT2D eigenvalue weighted by molar-refractivity contribution is 7.13. The van der Waals surface area contributed by atoms with Crippen molar-refractivity contribution in [1.29, 1.82) is 0 Å². The number of piperazine rings is 1. The van der Waals surface area contributed by atoms with Gasteiger partial charge in [0.2, 0.25) is 0 Å². The molecule has 3 rings (SSSR count). The second-order valence-corrected chi connectivity index (χ2v) is 6.32. The molecule has 0 bridgehead atoms. The van der Waals surface area contributed by atoms with Gasteiger partial charge in [-0.15, -0.1) is 11.3 Å². The number of hydrogen-bond acceptors (Lipinski definition) is 4. The van der Waals surface area contributed by atoms with E-state index < -0.39 is 0 Å². The molecule has 0 aliphatic carbocycles. The van der Waals surface area contributed by atoms with E-state index in [1.807, 2.05) is 22.8 Å². The normalized spacial score (nSPS) is 15.2. The third kappa shape index (κ3) is 2.97. The number of aryl methyl sites for hydroxylation is 1. The number of hydrogen-bond donors (Lipinski definition) is 0. The molecule has 1 fully saturated rings. The monoisotopic (exact) mass is 319 g/mol. The van der Waals surface area contributed by atoms with Gasteiger partial charge in [0.05, 0.1) is 16.9 Å². The van der Waals surface area contributed by atoms with Crippen molar-refractivity contribution in [3.63, 3.8) is 0 Å². The van der Waals surface area contributed by atoms with Gasteiger partial charge in [0, 0.05) is 26.2 Å². The Morgan fingerprint density at radius 2 is 2.00 bits per heavy atom. The van der Waals surface area contributed by atoms with Crippen LogP contribution in [0.2, 0.25) is 0 Å². The third-order valence-corrected chi connectivity index (χ3v) is 4.96. The zero-order valence-corrected chi connectivity index (χ0v) is 13.3. The van der Waals surface area contributed by atoms with Gasteiger partial charge in [-0.25, -0.2) is 9.37 Å². The van der Waals surface area contributed by atoms with Crippen molar-refractivity contribution in [1.82, 2.24) is 9.88 Å². The van der Waals surface area contributed by atoms with Crippen molar-refractivity contribution in [2.75, 3.05) is 31.1 Å².